The van der Waals surface area contributed by atoms with Gasteiger partial charge < -0.3 is 14.9 Å². The Kier molecular flexibility index (Phi) is 8.30. The van der Waals surface area contributed by atoms with Gasteiger partial charge >= 0.3 is 5.69 Å². The van der Waals surface area contributed by atoms with Crippen LogP contribution in [-0.2, 0) is 4.79 Å². The van der Waals surface area contributed by atoms with Crippen LogP contribution in [0.2, 0.25) is 0 Å². The van der Waals surface area contributed by atoms with E-state index < -0.39 is 34.3 Å². The molecule has 1 saturated heterocycles. The van der Waals surface area contributed by atoms with Crippen molar-refractivity contribution in [3.63, 3.8) is 0 Å². The summed E-state index contributed by atoms with van der Waals surface area (Å²) in [5.74, 6) is -2.34. The van der Waals surface area contributed by atoms with Gasteiger partial charge in [0.2, 0.25) is 5.91 Å². The molecule has 9 nitrogen and oxygen atoms in total. The fourth-order valence-electron chi connectivity index (χ4n) is 5.92. The predicted octanol–water partition coefficient (Wildman–Crippen LogP) is 5.83. The summed E-state index contributed by atoms with van der Waals surface area (Å²) in [7, 11) is 0. The second-order valence-corrected chi connectivity index (χ2v) is 11.8. The maximum atomic E-state index is 16.1. The van der Waals surface area contributed by atoms with Gasteiger partial charge in [0.05, 0.1) is 22.3 Å². The van der Waals surface area contributed by atoms with E-state index in [1.165, 1.54) is 34.5 Å². The summed E-state index contributed by atoms with van der Waals surface area (Å²) in [5, 5.41) is 10.8. The molecule has 0 spiro atoms. The van der Waals surface area contributed by atoms with Gasteiger partial charge in [0.1, 0.15) is 23.1 Å². The quantitative estimate of drug-likeness (QED) is 0.183. The second kappa shape index (κ2) is 12.4. The van der Waals surface area contributed by atoms with E-state index in [1.807, 2.05) is 55.3 Å². The fourth-order valence-corrected chi connectivity index (χ4v) is 6.50. The van der Waals surface area contributed by atoms with Crippen molar-refractivity contribution < 1.29 is 18.7 Å². The molecule has 0 aliphatic carbocycles. The van der Waals surface area contributed by atoms with Crippen LogP contribution < -0.4 is 10.6 Å². The molecule has 2 atom stereocenters. The number of hydrogen-bond acceptors (Lipinski definition) is 8. The van der Waals surface area contributed by atoms with Crippen molar-refractivity contribution in [2.75, 3.05) is 24.2 Å². The van der Waals surface area contributed by atoms with Gasteiger partial charge in [0.15, 0.2) is 11.5 Å². The first-order valence-electron chi connectivity index (χ1n) is 14.5. The van der Waals surface area contributed by atoms with Crippen LogP contribution in [0.1, 0.15) is 13.8 Å². The zero-order valence-corrected chi connectivity index (χ0v) is 26.1. The molecule has 1 fully saturated rings. The van der Waals surface area contributed by atoms with Crippen molar-refractivity contribution in [2.24, 2.45) is 0 Å². The highest BCUT2D eigenvalue weighted by molar-refractivity contribution is 7.98. The number of benzene rings is 2. The lowest BCUT2D eigenvalue weighted by Crippen LogP contribution is -2.58. The smallest absolute Gasteiger partial charge is 0.355 e. The number of carbonyl (C=O) groups is 1. The summed E-state index contributed by atoms with van der Waals surface area (Å²) in [5.41, 5.74) is -0.0537. The summed E-state index contributed by atoms with van der Waals surface area (Å²) in [6.07, 6.45) is 4.75. The van der Waals surface area contributed by atoms with Crippen molar-refractivity contribution in [3.8, 4) is 34.0 Å². The lowest BCUT2D eigenvalue weighted by molar-refractivity contribution is -0.128. The minimum Gasteiger partial charge on any atom is -0.507 e. The monoisotopic (exact) mass is 640 g/mol. The van der Waals surface area contributed by atoms with Gasteiger partial charge in [-0.15, -0.1) is 11.8 Å². The molecular formula is C34H30F2N6O3S. The molecule has 0 bridgehead atoms. The number of halogens is 2. The van der Waals surface area contributed by atoms with Gasteiger partial charge in [-0.1, -0.05) is 43.0 Å². The molecule has 0 saturated carbocycles. The molecule has 1 amide bonds. The number of thioether (sulfide) groups is 1. The number of pyridine rings is 2. The molecule has 12 heteroatoms. The lowest BCUT2D eigenvalue weighted by Gasteiger charge is -2.44. The van der Waals surface area contributed by atoms with Crippen molar-refractivity contribution in [3.05, 3.63) is 102 Å². The van der Waals surface area contributed by atoms with E-state index in [4.69, 9.17) is 0 Å². The Morgan fingerprint density at radius 2 is 1.76 bits per heavy atom. The Morgan fingerprint density at radius 3 is 2.46 bits per heavy atom. The van der Waals surface area contributed by atoms with Crippen LogP contribution in [0.4, 0.5) is 14.6 Å². The summed E-state index contributed by atoms with van der Waals surface area (Å²) in [4.78, 5) is 44.7. The SMILES string of the molecule is C=CC(=O)N1C[C@H](C)N(c2nc(=O)n(-c3c(SC)ccnc3-c3ccccc3)c3nc(-c4c(O)cccc4F)c(F)cc23)C[C@H]1C. The first kappa shape index (κ1) is 30.9. The summed E-state index contributed by atoms with van der Waals surface area (Å²) < 4.78 is 32.5. The first-order valence-corrected chi connectivity index (χ1v) is 15.8. The van der Waals surface area contributed by atoms with E-state index in [0.717, 1.165) is 17.7 Å². The highest BCUT2D eigenvalue weighted by atomic mass is 32.2. The van der Waals surface area contributed by atoms with Gasteiger partial charge in [-0.3, -0.25) is 9.78 Å². The number of hydrogen-bond donors (Lipinski definition) is 1. The standard InChI is InChI=1S/C34H30F2N6O3S/c1-5-27(44)40-17-20(3)41(18-19(40)2)32-22-16-24(36)30(28-23(35)12-9-13-25(28)43)38-33(22)42(34(45)39-32)31-26(46-4)14-15-37-29(31)21-10-7-6-8-11-21/h5-16,19-20,43H,1,17-18H2,2-4H3/t19-,20+/m1/s1. The molecule has 6 rings (SSSR count). The van der Waals surface area contributed by atoms with E-state index in [-0.39, 0.29) is 34.8 Å². The number of amides is 1. The Morgan fingerprint density at radius 1 is 1.00 bits per heavy atom. The minimum absolute atomic E-state index is 0.000940. The van der Waals surface area contributed by atoms with Gasteiger partial charge in [0, 0.05) is 41.8 Å². The molecule has 1 aliphatic heterocycles. The van der Waals surface area contributed by atoms with Crippen LogP contribution in [0.25, 0.3) is 39.2 Å². The van der Waals surface area contributed by atoms with Crippen LogP contribution in [0, 0.1) is 11.6 Å². The van der Waals surface area contributed by atoms with Crippen LogP contribution in [0.15, 0.2) is 89.2 Å². The molecule has 1 N–H and O–H groups in total. The molecule has 3 aromatic heterocycles. The van der Waals surface area contributed by atoms with Crippen molar-refractivity contribution >= 4 is 34.5 Å². The molecule has 4 heterocycles. The van der Waals surface area contributed by atoms with Crippen LogP contribution >= 0.6 is 11.8 Å². The van der Waals surface area contributed by atoms with Crippen LogP contribution in [0.3, 0.4) is 0 Å². The van der Waals surface area contributed by atoms with Gasteiger partial charge in [-0.05, 0) is 50.4 Å². The number of phenolic OH excluding ortho intramolecular Hbond substituents is 1. The molecule has 234 valence electrons. The number of piperazine rings is 1. The number of aromatic nitrogens is 4. The number of phenols is 1. The lowest BCUT2D eigenvalue weighted by atomic mass is 10.1. The summed E-state index contributed by atoms with van der Waals surface area (Å²) in [6, 6.07) is 15.2. The molecule has 2 aromatic carbocycles. The molecule has 46 heavy (non-hydrogen) atoms. The Labute approximate surface area is 267 Å². The Balaban J connectivity index is 1.69. The fraction of sp³-hybridized carbons (Fsp3) is 0.206. The number of aromatic hydroxyl groups is 1. The third-order valence-corrected chi connectivity index (χ3v) is 8.89. The molecule has 0 unspecified atom stereocenters. The van der Waals surface area contributed by atoms with Gasteiger partial charge in [-0.2, -0.15) is 4.98 Å². The van der Waals surface area contributed by atoms with Gasteiger partial charge in [-0.25, -0.2) is 23.1 Å². The number of fused-ring (bicyclic) bond motifs is 1. The summed E-state index contributed by atoms with van der Waals surface area (Å²) in [6.45, 7) is 7.95. The first-order chi connectivity index (χ1) is 22.1. The maximum absolute atomic E-state index is 16.1. The second-order valence-electron chi connectivity index (χ2n) is 11.0. The van der Waals surface area contributed by atoms with E-state index >= 15 is 8.78 Å². The van der Waals surface area contributed by atoms with Crippen molar-refractivity contribution in [2.45, 2.75) is 30.8 Å². The largest absolute Gasteiger partial charge is 0.507 e. The third-order valence-electron chi connectivity index (χ3n) is 8.12. The molecule has 1 aliphatic rings. The third kappa shape index (κ3) is 5.28. The van der Waals surface area contributed by atoms with Crippen LogP contribution in [0.5, 0.6) is 5.75 Å². The normalized spacial score (nSPS) is 16.5. The average Bonchev–Trinajstić information content (AvgIpc) is 3.05. The number of nitrogens with zero attached hydrogens (tertiary/aromatic N) is 6. The number of rotatable bonds is 6. The maximum Gasteiger partial charge on any atom is 0.355 e. The van der Waals surface area contributed by atoms with Crippen molar-refractivity contribution in [1.82, 2.24) is 24.4 Å². The summed E-state index contributed by atoms with van der Waals surface area (Å²) >= 11 is 1.38. The van der Waals surface area contributed by atoms with Crippen LogP contribution in [-0.4, -0.2) is 66.9 Å². The Bertz CT molecular complexity index is 2040. The minimum atomic E-state index is -0.915. The van der Waals surface area contributed by atoms with E-state index in [0.29, 0.717) is 29.4 Å². The zero-order valence-electron chi connectivity index (χ0n) is 25.3. The highest BCUT2D eigenvalue weighted by Gasteiger charge is 2.34. The molecule has 5 aromatic rings. The topological polar surface area (TPSA) is 104 Å². The average molecular weight is 641 g/mol. The number of carbonyl (C=O) groups excluding carboxylic acids is 1. The number of anilines is 1. The van der Waals surface area contributed by atoms with E-state index in [9.17, 15) is 14.7 Å². The Hall–Kier alpha value is -5.10. The molecular weight excluding hydrogens is 610 g/mol. The van der Waals surface area contributed by atoms with E-state index in [2.05, 4.69) is 21.5 Å². The van der Waals surface area contributed by atoms with E-state index in [1.54, 1.807) is 17.2 Å². The highest BCUT2D eigenvalue weighted by Crippen LogP contribution is 2.38. The molecule has 0 radical (unpaired) electrons. The predicted molar refractivity (Wildman–Crippen MR) is 175 cm³/mol. The van der Waals surface area contributed by atoms with Crippen molar-refractivity contribution in [1.29, 1.82) is 0 Å². The zero-order chi connectivity index (χ0) is 32.7. The van der Waals surface area contributed by atoms with Gasteiger partial charge in [0.25, 0.3) is 0 Å².